The number of carbonyl (C=O) groups is 1. The third-order valence-corrected chi connectivity index (χ3v) is 5.82. The second-order valence-electron chi connectivity index (χ2n) is 7.62. The topological polar surface area (TPSA) is 86.6 Å². The number of aromatic nitrogens is 3. The molecule has 1 amide bonds. The van der Waals surface area contributed by atoms with Gasteiger partial charge in [-0.25, -0.2) is 10.4 Å². The number of hydrogen-bond donors (Lipinski definition) is 1. The van der Waals surface area contributed by atoms with Crippen molar-refractivity contribution in [1.29, 1.82) is 0 Å². The average Bonchev–Trinajstić information content (AvgIpc) is 3.29. The van der Waals surface area contributed by atoms with Crippen LogP contribution in [0.5, 0.6) is 0 Å². The van der Waals surface area contributed by atoms with Gasteiger partial charge in [0.15, 0.2) is 5.82 Å². The van der Waals surface area contributed by atoms with Crippen LogP contribution in [0.2, 0.25) is 0 Å². The van der Waals surface area contributed by atoms with Gasteiger partial charge in [-0.2, -0.15) is 10.1 Å². The summed E-state index contributed by atoms with van der Waals surface area (Å²) in [6.45, 7) is 3.97. The zero-order valence-electron chi connectivity index (χ0n) is 17.2. The Morgan fingerprint density at radius 2 is 2.10 bits per heavy atom. The number of fused-ring (bicyclic) bond motifs is 1. The van der Waals surface area contributed by atoms with Gasteiger partial charge < -0.3 is 9.80 Å². The second kappa shape index (κ2) is 8.14. The number of carbonyl (C=O) groups excluding carboxylic acids is 1. The van der Waals surface area contributed by atoms with Crippen LogP contribution in [0, 0.1) is 0 Å². The van der Waals surface area contributed by atoms with Crippen molar-refractivity contribution in [2.45, 2.75) is 58.0 Å². The summed E-state index contributed by atoms with van der Waals surface area (Å²) < 4.78 is 0. The van der Waals surface area contributed by atoms with E-state index >= 15 is 0 Å². The van der Waals surface area contributed by atoms with Gasteiger partial charge in [0.05, 0.1) is 11.9 Å². The number of pyridine rings is 1. The van der Waals surface area contributed by atoms with Crippen LogP contribution in [-0.4, -0.2) is 45.7 Å². The lowest BCUT2D eigenvalue weighted by Gasteiger charge is -2.43. The van der Waals surface area contributed by atoms with Crippen LogP contribution in [0.15, 0.2) is 35.8 Å². The van der Waals surface area contributed by atoms with E-state index in [1.165, 1.54) is 12.8 Å². The largest absolute Gasteiger partial charge is 0.340 e. The van der Waals surface area contributed by atoms with Crippen molar-refractivity contribution in [2.24, 2.45) is 5.10 Å². The van der Waals surface area contributed by atoms with Gasteiger partial charge in [-0.1, -0.05) is 25.8 Å². The van der Waals surface area contributed by atoms with Crippen LogP contribution in [0.4, 0.5) is 17.5 Å². The van der Waals surface area contributed by atoms with Gasteiger partial charge in [0.1, 0.15) is 11.7 Å². The summed E-state index contributed by atoms with van der Waals surface area (Å²) in [5.74, 6) is 1.35. The molecular formula is C21H27N7O. The normalized spacial score (nSPS) is 20.2. The molecule has 0 spiro atoms. The maximum absolute atomic E-state index is 12.9. The van der Waals surface area contributed by atoms with Gasteiger partial charge in [0.2, 0.25) is 11.9 Å². The number of hydrazone groups is 1. The van der Waals surface area contributed by atoms with E-state index in [9.17, 15) is 4.79 Å². The van der Waals surface area contributed by atoms with Crippen LogP contribution < -0.4 is 15.2 Å². The summed E-state index contributed by atoms with van der Waals surface area (Å²) in [4.78, 5) is 30.1. The number of likely N-dealkylation sites (N-methyl/N-ethyl adjacent to an activating group) is 1. The third kappa shape index (κ3) is 3.66. The number of nitrogens with one attached hydrogen (secondary N) is 1. The number of nitrogens with zero attached hydrogens (tertiary/aromatic N) is 6. The van der Waals surface area contributed by atoms with Gasteiger partial charge in [-0.05, 0) is 32.3 Å². The first-order chi connectivity index (χ1) is 14.1. The van der Waals surface area contributed by atoms with Crippen molar-refractivity contribution in [1.82, 2.24) is 15.0 Å². The lowest BCUT2D eigenvalue weighted by molar-refractivity contribution is -0.120. The van der Waals surface area contributed by atoms with Crippen molar-refractivity contribution in [3.05, 3.63) is 36.3 Å². The second-order valence-corrected chi connectivity index (χ2v) is 7.62. The van der Waals surface area contributed by atoms with Gasteiger partial charge in [-0.15, -0.1) is 0 Å². The lowest BCUT2D eigenvalue weighted by Crippen LogP contribution is -2.55. The highest BCUT2D eigenvalue weighted by atomic mass is 16.2. The van der Waals surface area contributed by atoms with Gasteiger partial charge in [0.25, 0.3) is 0 Å². The van der Waals surface area contributed by atoms with Crippen LogP contribution >= 0.6 is 0 Å². The molecule has 8 heteroatoms. The number of amides is 1. The number of anilines is 3. The summed E-state index contributed by atoms with van der Waals surface area (Å²) in [6, 6.07) is 4.00. The molecule has 29 heavy (non-hydrogen) atoms. The minimum Gasteiger partial charge on any atom is -0.340 e. The molecule has 0 aromatic carbocycles. The van der Waals surface area contributed by atoms with E-state index in [1.54, 1.807) is 30.5 Å². The average molecular weight is 393 g/mol. The Balaban J connectivity index is 1.66. The number of hydrogen-bond acceptors (Lipinski definition) is 7. The van der Waals surface area contributed by atoms with Gasteiger partial charge in [0, 0.05) is 31.0 Å². The molecule has 4 rings (SSSR count). The summed E-state index contributed by atoms with van der Waals surface area (Å²) in [6.07, 6.45) is 10.5. The highest BCUT2D eigenvalue weighted by Gasteiger charge is 2.41. The monoisotopic (exact) mass is 393 g/mol. The molecule has 2 aromatic heterocycles. The van der Waals surface area contributed by atoms with Crippen LogP contribution in [0.1, 0.15) is 51.5 Å². The standard InChI is InChI=1S/C21H27N7O/c1-4-17-20(29)27(3)18-13-23-21(24-19(18)28(17)16-9-5-6-10-16)26-25-14(2)15-8-7-11-22-12-15/h7-8,11-13,16-17H,4-6,9-10H2,1-3H3,(H,23,24,26). The first-order valence-corrected chi connectivity index (χ1v) is 10.2. The van der Waals surface area contributed by atoms with Crippen molar-refractivity contribution in [2.75, 3.05) is 22.3 Å². The molecule has 1 unspecified atom stereocenters. The van der Waals surface area contributed by atoms with E-state index < -0.39 is 0 Å². The van der Waals surface area contributed by atoms with E-state index in [-0.39, 0.29) is 11.9 Å². The molecule has 1 aliphatic carbocycles. The maximum Gasteiger partial charge on any atom is 0.249 e. The molecule has 3 heterocycles. The Hall–Kier alpha value is -3.03. The Bertz CT molecular complexity index is 909. The van der Waals surface area contributed by atoms with E-state index in [2.05, 4.69) is 32.3 Å². The van der Waals surface area contributed by atoms with Crippen LogP contribution in [0.3, 0.4) is 0 Å². The fourth-order valence-electron chi connectivity index (χ4n) is 4.21. The molecule has 152 valence electrons. The predicted molar refractivity (Wildman–Crippen MR) is 114 cm³/mol. The van der Waals surface area contributed by atoms with Gasteiger partial charge in [-0.3, -0.25) is 9.78 Å². The van der Waals surface area contributed by atoms with E-state index in [1.807, 2.05) is 19.1 Å². The zero-order chi connectivity index (χ0) is 20.4. The first kappa shape index (κ1) is 19.3. The molecule has 1 fully saturated rings. The minimum atomic E-state index is -0.181. The van der Waals surface area contributed by atoms with Crippen molar-refractivity contribution < 1.29 is 4.79 Å². The summed E-state index contributed by atoms with van der Waals surface area (Å²) in [5, 5.41) is 4.41. The Kier molecular flexibility index (Phi) is 5.42. The molecule has 1 saturated carbocycles. The Morgan fingerprint density at radius 3 is 2.79 bits per heavy atom. The van der Waals surface area contributed by atoms with Crippen molar-refractivity contribution >= 4 is 29.1 Å². The summed E-state index contributed by atoms with van der Waals surface area (Å²) in [7, 11) is 1.80. The smallest absolute Gasteiger partial charge is 0.249 e. The Morgan fingerprint density at radius 1 is 1.31 bits per heavy atom. The molecular weight excluding hydrogens is 366 g/mol. The molecule has 1 aliphatic heterocycles. The third-order valence-electron chi connectivity index (χ3n) is 5.82. The van der Waals surface area contributed by atoms with Gasteiger partial charge >= 0.3 is 0 Å². The molecule has 2 aliphatic rings. The fourth-order valence-corrected chi connectivity index (χ4v) is 4.21. The SMILES string of the molecule is CCC1C(=O)N(C)c2cnc(NN=C(C)c3cccnc3)nc2N1C1CCCC1. The first-order valence-electron chi connectivity index (χ1n) is 10.2. The molecule has 2 aromatic rings. The summed E-state index contributed by atoms with van der Waals surface area (Å²) in [5.41, 5.74) is 5.46. The van der Waals surface area contributed by atoms with Crippen molar-refractivity contribution in [3.8, 4) is 0 Å². The summed E-state index contributed by atoms with van der Waals surface area (Å²) >= 11 is 0. The van der Waals surface area contributed by atoms with Crippen molar-refractivity contribution in [3.63, 3.8) is 0 Å². The molecule has 0 saturated heterocycles. The number of rotatable bonds is 5. The molecule has 1 N–H and O–H groups in total. The Labute approximate surface area is 171 Å². The molecule has 1 atom stereocenters. The highest BCUT2D eigenvalue weighted by molar-refractivity contribution is 6.04. The molecule has 0 bridgehead atoms. The van der Waals surface area contributed by atoms with Crippen LogP contribution in [0.25, 0.3) is 0 Å². The van der Waals surface area contributed by atoms with E-state index in [0.29, 0.717) is 12.0 Å². The maximum atomic E-state index is 12.9. The predicted octanol–water partition coefficient (Wildman–Crippen LogP) is 3.21. The lowest BCUT2D eigenvalue weighted by atomic mass is 10.0. The van der Waals surface area contributed by atoms with E-state index in [4.69, 9.17) is 4.98 Å². The highest BCUT2D eigenvalue weighted by Crippen LogP contribution is 2.39. The minimum absolute atomic E-state index is 0.113. The zero-order valence-corrected chi connectivity index (χ0v) is 17.2. The molecule has 0 radical (unpaired) electrons. The fraction of sp³-hybridized carbons (Fsp3) is 0.476. The van der Waals surface area contributed by atoms with Crippen LogP contribution in [-0.2, 0) is 4.79 Å². The molecule has 8 nitrogen and oxygen atoms in total. The van der Waals surface area contributed by atoms with E-state index in [0.717, 1.165) is 42.0 Å². The quantitative estimate of drug-likeness (QED) is 0.620.